The van der Waals surface area contributed by atoms with Crippen molar-refractivity contribution >= 4 is 11.6 Å². The van der Waals surface area contributed by atoms with Crippen molar-refractivity contribution in [1.82, 2.24) is 4.98 Å². The molecular weight excluding hydrogens is 306 g/mol. The molecule has 0 aliphatic heterocycles. The van der Waals surface area contributed by atoms with Crippen LogP contribution in [0.15, 0.2) is 42.6 Å². The molecule has 0 radical (unpaired) electrons. The van der Waals surface area contributed by atoms with Crippen molar-refractivity contribution < 1.29 is 17.6 Å². The van der Waals surface area contributed by atoms with E-state index in [4.69, 9.17) is 11.6 Å². The molecule has 1 aromatic carbocycles. The van der Waals surface area contributed by atoms with Gasteiger partial charge in [0.15, 0.2) is 0 Å². The second-order valence-electron chi connectivity index (χ2n) is 4.68. The van der Waals surface area contributed by atoms with E-state index in [1.165, 1.54) is 6.07 Å². The molecule has 0 amide bonds. The Bertz CT molecular complexity index is 613. The lowest BCUT2D eigenvalue weighted by Gasteiger charge is -2.19. The van der Waals surface area contributed by atoms with Gasteiger partial charge in [0.1, 0.15) is 5.82 Å². The molecule has 2 atom stereocenters. The van der Waals surface area contributed by atoms with Crippen LogP contribution in [0, 0.1) is 5.82 Å². The van der Waals surface area contributed by atoms with Crippen LogP contribution in [0.3, 0.4) is 0 Å². The minimum atomic E-state index is -4.75. The number of halogens is 5. The zero-order chi connectivity index (χ0) is 15.6. The standard InChI is InChI=1S/C15H12ClF4N/c1-9(13-4-2-3-7-21-13)14(16)10-5-6-12(17)11(8-10)15(18,19)20/h2-9,14H,1H3. The van der Waals surface area contributed by atoms with Crippen molar-refractivity contribution in [3.05, 3.63) is 65.2 Å². The van der Waals surface area contributed by atoms with Gasteiger partial charge in [0.2, 0.25) is 0 Å². The molecule has 2 aromatic rings. The fraction of sp³-hybridized carbons (Fsp3) is 0.267. The predicted molar refractivity (Wildman–Crippen MR) is 72.6 cm³/mol. The van der Waals surface area contributed by atoms with Gasteiger partial charge in [-0.25, -0.2) is 4.39 Å². The van der Waals surface area contributed by atoms with Crippen LogP contribution in [-0.4, -0.2) is 4.98 Å². The predicted octanol–water partition coefficient (Wildman–Crippen LogP) is 5.32. The molecule has 2 rings (SSSR count). The Morgan fingerprint density at radius 1 is 1.14 bits per heavy atom. The first kappa shape index (κ1) is 15.8. The number of rotatable bonds is 3. The Morgan fingerprint density at radius 3 is 2.43 bits per heavy atom. The van der Waals surface area contributed by atoms with Crippen LogP contribution in [0.4, 0.5) is 17.6 Å². The van der Waals surface area contributed by atoms with Crippen molar-refractivity contribution in [2.45, 2.75) is 24.4 Å². The number of benzene rings is 1. The van der Waals surface area contributed by atoms with E-state index in [0.29, 0.717) is 5.69 Å². The lowest BCUT2D eigenvalue weighted by Crippen LogP contribution is -2.11. The highest BCUT2D eigenvalue weighted by Crippen LogP contribution is 2.38. The van der Waals surface area contributed by atoms with Gasteiger partial charge in [-0.3, -0.25) is 4.98 Å². The first-order chi connectivity index (χ1) is 9.80. The maximum atomic E-state index is 13.3. The maximum Gasteiger partial charge on any atom is 0.419 e. The van der Waals surface area contributed by atoms with Crippen molar-refractivity contribution in [2.75, 3.05) is 0 Å². The maximum absolute atomic E-state index is 13.3. The summed E-state index contributed by atoms with van der Waals surface area (Å²) in [5.41, 5.74) is -0.433. The van der Waals surface area contributed by atoms with E-state index < -0.39 is 22.9 Å². The summed E-state index contributed by atoms with van der Waals surface area (Å²) in [4.78, 5) is 4.13. The third kappa shape index (κ3) is 3.53. The molecule has 0 aliphatic carbocycles. The van der Waals surface area contributed by atoms with Crippen molar-refractivity contribution in [2.24, 2.45) is 0 Å². The fourth-order valence-corrected chi connectivity index (χ4v) is 2.28. The minimum Gasteiger partial charge on any atom is -0.261 e. The van der Waals surface area contributed by atoms with Gasteiger partial charge in [-0.15, -0.1) is 11.6 Å². The van der Waals surface area contributed by atoms with Crippen LogP contribution in [0.5, 0.6) is 0 Å². The molecule has 0 spiro atoms. The van der Waals surface area contributed by atoms with Gasteiger partial charge in [0, 0.05) is 17.8 Å². The molecule has 0 fully saturated rings. The third-order valence-corrected chi connectivity index (χ3v) is 3.84. The van der Waals surface area contributed by atoms with Gasteiger partial charge in [-0.1, -0.05) is 19.1 Å². The van der Waals surface area contributed by atoms with Crippen LogP contribution in [-0.2, 0) is 6.18 Å². The second kappa shape index (κ2) is 6.02. The van der Waals surface area contributed by atoms with E-state index in [0.717, 1.165) is 12.1 Å². The average molecular weight is 318 g/mol. The fourth-order valence-electron chi connectivity index (χ4n) is 2.02. The van der Waals surface area contributed by atoms with E-state index in [9.17, 15) is 17.6 Å². The normalized spacial score (nSPS) is 14.8. The van der Waals surface area contributed by atoms with E-state index in [-0.39, 0.29) is 11.5 Å². The summed E-state index contributed by atoms with van der Waals surface area (Å²) in [6, 6.07) is 8.06. The smallest absolute Gasteiger partial charge is 0.261 e. The quantitative estimate of drug-likeness (QED) is 0.551. The molecule has 0 bridgehead atoms. The number of hydrogen-bond acceptors (Lipinski definition) is 1. The molecule has 112 valence electrons. The highest BCUT2D eigenvalue weighted by atomic mass is 35.5. The van der Waals surface area contributed by atoms with Crippen LogP contribution >= 0.6 is 11.6 Å². The Morgan fingerprint density at radius 2 is 1.86 bits per heavy atom. The summed E-state index contributed by atoms with van der Waals surface area (Å²) < 4.78 is 51.4. The molecule has 0 aliphatic rings. The third-order valence-electron chi connectivity index (χ3n) is 3.21. The summed E-state index contributed by atoms with van der Waals surface area (Å²) in [7, 11) is 0. The summed E-state index contributed by atoms with van der Waals surface area (Å²) in [5, 5.41) is -0.735. The van der Waals surface area contributed by atoms with Crippen LogP contribution in [0.25, 0.3) is 0 Å². The Labute approximate surface area is 124 Å². The Hall–Kier alpha value is -1.62. The number of hydrogen-bond donors (Lipinski definition) is 0. The van der Waals surface area contributed by atoms with Crippen LogP contribution in [0.1, 0.15) is 35.0 Å². The van der Waals surface area contributed by atoms with E-state index in [2.05, 4.69) is 4.98 Å². The van der Waals surface area contributed by atoms with Crippen LogP contribution in [0.2, 0.25) is 0 Å². The van der Waals surface area contributed by atoms with Crippen molar-refractivity contribution in [3.63, 3.8) is 0 Å². The summed E-state index contributed by atoms with van der Waals surface area (Å²) in [6.07, 6.45) is -3.16. The SMILES string of the molecule is CC(c1ccccn1)C(Cl)c1ccc(F)c(C(F)(F)F)c1. The molecule has 2 unspecified atom stereocenters. The Balaban J connectivity index is 2.34. The topological polar surface area (TPSA) is 12.9 Å². The first-order valence-electron chi connectivity index (χ1n) is 6.22. The molecule has 1 heterocycles. The molecule has 0 saturated carbocycles. The average Bonchev–Trinajstić information content (AvgIpc) is 2.46. The minimum absolute atomic E-state index is 0.212. The number of pyridine rings is 1. The number of alkyl halides is 4. The van der Waals surface area contributed by atoms with E-state index in [1.807, 2.05) is 0 Å². The molecule has 21 heavy (non-hydrogen) atoms. The highest BCUT2D eigenvalue weighted by molar-refractivity contribution is 6.21. The summed E-state index contributed by atoms with van der Waals surface area (Å²) in [6.45, 7) is 1.76. The summed E-state index contributed by atoms with van der Waals surface area (Å²) >= 11 is 6.24. The number of aromatic nitrogens is 1. The van der Waals surface area contributed by atoms with Gasteiger partial charge in [0.05, 0.1) is 10.9 Å². The largest absolute Gasteiger partial charge is 0.419 e. The molecule has 0 saturated heterocycles. The highest BCUT2D eigenvalue weighted by Gasteiger charge is 2.35. The lowest BCUT2D eigenvalue weighted by atomic mass is 9.95. The first-order valence-corrected chi connectivity index (χ1v) is 6.66. The molecule has 1 nitrogen and oxygen atoms in total. The van der Waals surface area contributed by atoms with Gasteiger partial charge in [-0.05, 0) is 29.8 Å². The monoisotopic (exact) mass is 317 g/mol. The summed E-state index contributed by atoms with van der Waals surface area (Å²) in [5.74, 6) is -1.61. The van der Waals surface area contributed by atoms with Crippen molar-refractivity contribution in [3.8, 4) is 0 Å². The van der Waals surface area contributed by atoms with Gasteiger partial charge < -0.3 is 0 Å². The lowest BCUT2D eigenvalue weighted by molar-refractivity contribution is -0.140. The number of nitrogens with zero attached hydrogens (tertiary/aromatic N) is 1. The van der Waals surface area contributed by atoms with Crippen LogP contribution < -0.4 is 0 Å². The zero-order valence-corrected chi connectivity index (χ0v) is 11.8. The van der Waals surface area contributed by atoms with Gasteiger partial charge >= 0.3 is 6.18 Å². The Kier molecular flexibility index (Phi) is 4.52. The second-order valence-corrected chi connectivity index (χ2v) is 5.15. The van der Waals surface area contributed by atoms with E-state index >= 15 is 0 Å². The molecular formula is C15H12ClF4N. The molecule has 6 heteroatoms. The molecule has 0 N–H and O–H groups in total. The zero-order valence-electron chi connectivity index (χ0n) is 11.0. The van der Waals surface area contributed by atoms with Gasteiger partial charge in [-0.2, -0.15) is 13.2 Å². The molecule has 1 aromatic heterocycles. The van der Waals surface area contributed by atoms with E-state index in [1.54, 1.807) is 31.3 Å². The van der Waals surface area contributed by atoms with Gasteiger partial charge in [0.25, 0.3) is 0 Å². The van der Waals surface area contributed by atoms with Crippen molar-refractivity contribution in [1.29, 1.82) is 0 Å².